The first-order chi connectivity index (χ1) is 11.2. The minimum absolute atomic E-state index is 0.684. The van der Waals surface area contributed by atoms with E-state index in [9.17, 15) is 0 Å². The number of anilines is 1. The molecule has 0 aromatic carbocycles. The molecule has 5 heteroatoms. The van der Waals surface area contributed by atoms with Crippen LogP contribution < -0.4 is 9.64 Å². The van der Waals surface area contributed by atoms with Gasteiger partial charge in [-0.2, -0.15) is 4.98 Å². The number of rotatable bonds is 7. The Kier molecular flexibility index (Phi) is 5.70. The molecule has 0 N–H and O–H groups in total. The molecule has 5 nitrogen and oxygen atoms in total. The van der Waals surface area contributed by atoms with Crippen LogP contribution >= 0.6 is 0 Å². The average Bonchev–Trinajstić information content (AvgIpc) is 3.25. The van der Waals surface area contributed by atoms with Gasteiger partial charge in [0.15, 0.2) is 5.82 Å². The van der Waals surface area contributed by atoms with Gasteiger partial charge in [0.25, 0.3) is 0 Å². The van der Waals surface area contributed by atoms with E-state index in [0.29, 0.717) is 11.8 Å². The summed E-state index contributed by atoms with van der Waals surface area (Å²) in [5.41, 5.74) is 0. The van der Waals surface area contributed by atoms with Gasteiger partial charge < -0.3 is 14.5 Å². The van der Waals surface area contributed by atoms with E-state index in [1.54, 1.807) is 6.20 Å². The Hall–Kier alpha value is -1.36. The smallest absolute Gasteiger partial charge is 0.234 e. The highest BCUT2D eigenvalue weighted by Gasteiger charge is 2.25. The van der Waals surface area contributed by atoms with Gasteiger partial charge in [-0.1, -0.05) is 19.8 Å². The maximum absolute atomic E-state index is 5.89. The van der Waals surface area contributed by atoms with Crippen molar-refractivity contribution in [1.29, 1.82) is 0 Å². The third kappa shape index (κ3) is 4.56. The zero-order chi connectivity index (χ0) is 16.1. The summed E-state index contributed by atoms with van der Waals surface area (Å²) in [5.74, 6) is 3.09. The fraction of sp³-hybridized carbons (Fsp3) is 0.778. The summed E-state index contributed by atoms with van der Waals surface area (Å²) in [4.78, 5) is 13.8. The van der Waals surface area contributed by atoms with Crippen LogP contribution in [0.5, 0.6) is 5.88 Å². The van der Waals surface area contributed by atoms with E-state index in [1.165, 1.54) is 32.1 Å². The molecule has 1 aromatic rings. The molecule has 0 amide bonds. The Bertz CT molecular complexity index is 490. The first-order valence-corrected chi connectivity index (χ1v) is 9.13. The van der Waals surface area contributed by atoms with Gasteiger partial charge in [0.1, 0.15) is 0 Å². The van der Waals surface area contributed by atoms with Crippen LogP contribution in [-0.4, -0.2) is 54.7 Å². The number of hydrogen-bond acceptors (Lipinski definition) is 5. The molecule has 2 aliphatic rings. The fourth-order valence-corrected chi connectivity index (χ4v) is 3.70. The summed E-state index contributed by atoms with van der Waals surface area (Å²) in [5, 5.41) is 0. The van der Waals surface area contributed by atoms with E-state index < -0.39 is 0 Å². The van der Waals surface area contributed by atoms with E-state index in [0.717, 1.165) is 44.5 Å². The van der Waals surface area contributed by atoms with Crippen molar-refractivity contribution >= 4 is 5.82 Å². The predicted octanol–water partition coefficient (Wildman–Crippen LogP) is 2.82. The van der Waals surface area contributed by atoms with Crippen LogP contribution in [0.4, 0.5) is 5.82 Å². The Labute approximate surface area is 140 Å². The molecule has 0 bridgehead atoms. The predicted molar refractivity (Wildman–Crippen MR) is 93.0 cm³/mol. The quantitative estimate of drug-likeness (QED) is 0.773. The van der Waals surface area contributed by atoms with Crippen LogP contribution in [0, 0.1) is 11.8 Å². The van der Waals surface area contributed by atoms with E-state index >= 15 is 0 Å². The van der Waals surface area contributed by atoms with Crippen molar-refractivity contribution in [3.63, 3.8) is 0 Å². The molecule has 1 saturated carbocycles. The van der Waals surface area contributed by atoms with Crippen molar-refractivity contribution in [3.05, 3.63) is 12.4 Å². The first-order valence-electron chi connectivity index (χ1n) is 9.13. The summed E-state index contributed by atoms with van der Waals surface area (Å²) in [6.07, 6.45) is 10.1. The molecule has 23 heavy (non-hydrogen) atoms. The summed E-state index contributed by atoms with van der Waals surface area (Å²) >= 11 is 0. The third-order valence-electron chi connectivity index (χ3n) is 5.26. The summed E-state index contributed by atoms with van der Waals surface area (Å²) in [6, 6.07) is 0. The highest BCUT2D eigenvalue weighted by atomic mass is 16.5. The van der Waals surface area contributed by atoms with Crippen LogP contribution in [-0.2, 0) is 0 Å². The maximum Gasteiger partial charge on any atom is 0.234 e. The summed E-state index contributed by atoms with van der Waals surface area (Å²) in [6.45, 7) is 7.43. The van der Waals surface area contributed by atoms with Crippen LogP contribution in [0.1, 0.15) is 39.0 Å². The first kappa shape index (κ1) is 16.5. The van der Waals surface area contributed by atoms with Gasteiger partial charge in [0.2, 0.25) is 5.88 Å². The van der Waals surface area contributed by atoms with E-state index in [2.05, 4.69) is 33.7 Å². The second-order valence-electron chi connectivity index (χ2n) is 7.13. The van der Waals surface area contributed by atoms with Crippen molar-refractivity contribution in [1.82, 2.24) is 14.9 Å². The van der Waals surface area contributed by atoms with Crippen molar-refractivity contribution in [2.75, 3.05) is 44.7 Å². The van der Waals surface area contributed by atoms with Crippen molar-refractivity contribution < 1.29 is 4.74 Å². The van der Waals surface area contributed by atoms with Crippen molar-refractivity contribution in [2.45, 2.75) is 39.0 Å². The minimum atomic E-state index is 0.684. The van der Waals surface area contributed by atoms with E-state index in [1.807, 2.05) is 6.20 Å². The van der Waals surface area contributed by atoms with Gasteiger partial charge in [-0.25, -0.2) is 0 Å². The molecule has 128 valence electrons. The molecule has 0 spiro atoms. The summed E-state index contributed by atoms with van der Waals surface area (Å²) in [7, 11) is 2.19. The SMILES string of the molecule is CCN(C)CC1CCN(c2cncc(OCC3CCCC3)n2)C1. The Morgan fingerprint density at radius 3 is 2.83 bits per heavy atom. The second-order valence-corrected chi connectivity index (χ2v) is 7.13. The van der Waals surface area contributed by atoms with E-state index in [-0.39, 0.29) is 0 Å². The lowest BCUT2D eigenvalue weighted by atomic mass is 10.1. The Morgan fingerprint density at radius 2 is 2.04 bits per heavy atom. The standard InChI is InChI=1S/C18H30N4O/c1-3-21(2)12-16-8-9-22(13-16)17-10-19-11-18(20-17)23-14-15-6-4-5-7-15/h10-11,15-16H,3-9,12-14H2,1-2H3. The molecule has 1 atom stereocenters. The molecule has 1 saturated heterocycles. The van der Waals surface area contributed by atoms with Crippen LogP contribution in [0.2, 0.25) is 0 Å². The lowest BCUT2D eigenvalue weighted by molar-refractivity contribution is 0.242. The third-order valence-corrected chi connectivity index (χ3v) is 5.26. The molecule has 1 aliphatic heterocycles. The number of aromatic nitrogens is 2. The highest BCUT2D eigenvalue weighted by molar-refractivity contribution is 5.38. The number of hydrogen-bond donors (Lipinski definition) is 0. The zero-order valence-corrected chi connectivity index (χ0v) is 14.6. The summed E-state index contributed by atoms with van der Waals surface area (Å²) < 4.78 is 5.89. The molecule has 1 aromatic heterocycles. The molecule has 2 fully saturated rings. The van der Waals surface area contributed by atoms with Gasteiger partial charge in [-0.05, 0) is 44.7 Å². The van der Waals surface area contributed by atoms with Gasteiger partial charge in [-0.15, -0.1) is 0 Å². The Balaban J connectivity index is 1.52. The van der Waals surface area contributed by atoms with Crippen LogP contribution in [0.15, 0.2) is 12.4 Å². The topological polar surface area (TPSA) is 41.5 Å². The van der Waals surface area contributed by atoms with Gasteiger partial charge >= 0.3 is 0 Å². The van der Waals surface area contributed by atoms with Gasteiger partial charge in [0, 0.05) is 19.6 Å². The van der Waals surface area contributed by atoms with E-state index in [4.69, 9.17) is 4.74 Å². The number of nitrogens with zero attached hydrogens (tertiary/aromatic N) is 4. The van der Waals surface area contributed by atoms with Crippen LogP contribution in [0.3, 0.4) is 0 Å². The normalized spacial score (nSPS) is 22.2. The lowest BCUT2D eigenvalue weighted by Gasteiger charge is -2.21. The molecule has 3 rings (SSSR count). The van der Waals surface area contributed by atoms with Gasteiger partial charge in [0.05, 0.1) is 19.0 Å². The van der Waals surface area contributed by atoms with Crippen LogP contribution in [0.25, 0.3) is 0 Å². The average molecular weight is 318 g/mol. The van der Waals surface area contributed by atoms with Crippen molar-refractivity contribution in [2.24, 2.45) is 11.8 Å². The number of ether oxygens (including phenoxy) is 1. The fourth-order valence-electron chi connectivity index (χ4n) is 3.70. The maximum atomic E-state index is 5.89. The highest BCUT2D eigenvalue weighted by Crippen LogP contribution is 2.26. The molecule has 0 radical (unpaired) electrons. The van der Waals surface area contributed by atoms with Crippen molar-refractivity contribution in [3.8, 4) is 5.88 Å². The molecular weight excluding hydrogens is 288 g/mol. The Morgan fingerprint density at radius 1 is 1.22 bits per heavy atom. The lowest BCUT2D eigenvalue weighted by Crippen LogP contribution is -2.28. The molecule has 1 unspecified atom stereocenters. The largest absolute Gasteiger partial charge is 0.476 e. The molecule has 1 aliphatic carbocycles. The van der Waals surface area contributed by atoms with Gasteiger partial charge in [-0.3, -0.25) is 4.98 Å². The minimum Gasteiger partial charge on any atom is -0.476 e. The molecule has 2 heterocycles. The molecular formula is C18H30N4O. The zero-order valence-electron chi connectivity index (χ0n) is 14.6. The monoisotopic (exact) mass is 318 g/mol. The second kappa shape index (κ2) is 7.95.